The lowest BCUT2D eigenvalue weighted by atomic mass is 10.2. The highest BCUT2D eigenvalue weighted by atomic mass is 32.2. The molecule has 0 saturated heterocycles. The second kappa shape index (κ2) is 9.96. The quantitative estimate of drug-likeness (QED) is 0.395. The van der Waals surface area contributed by atoms with E-state index < -0.39 is 0 Å². The van der Waals surface area contributed by atoms with Gasteiger partial charge in [-0.3, -0.25) is 4.79 Å². The molecule has 0 aliphatic heterocycles. The van der Waals surface area contributed by atoms with E-state index in [1.54, 1.807) is 24.3 Å². The summed E-state index contributed by atoms with van der Waals surface area (Å²) < 4.78 is 6.31. The van der Waals surface area contributed by atoms with Crippen LogP contribution in [0.5, 0.6) is 5.75 Å². The van der Waals surface area contributed by atoms with E-state index in [1.807, 2.05) is 37.3 Å². The average Bonchev–Trinajstić information content (AvgIpc) is 3.14. The number of para-hydroxylation sites is 1. The number of anilines is 1. The van der Waals surface area contributed by atoms with E-state index in [0.717, 1.165) is 16.0 Å². The fraction of sp³-hybridized carbons (Fsp3) is 0.190. The summed E-state index contributed by atoms with van der Waals surface area (Å²) in [7, 11) is 0. The number of allylic oxidation sites excluding steroid dienone is 1. The number of hydrogen-bond acceptors (Lipinski definition) is 7. The molecule has 0 aliphatic rings. The molecule has 8 heteroatoms. The zero-order valence-electron chi connectivity index (χ0n) is 15.7. The SMILES string of the molecule is CCOc1ccc(NC(=O)CSC/C(O)=C(\C#N)c2nc3ccccc3s2)cc1. The van der Waals surface area contributed by atoms with Crippen molar-refractivity contribution in [2.75, 3.05) is 23.4 Å². The van der Waals surface area contributed by atoms with Crippen molar-refractivity contribution in [2.45, 2.75) is 6.92 Å². The molecule has 0 spiro atoms. The molecule has 3 aromatic rings. The maximum absolute atomic E-state index is 12.1. The van der Waals surface area contributed by atoms with Gasteiger partial charge in [-0.25, -0.2) is 4.98 Å². The molecular formula is C21H19N3O3S2. The number of nitrogens with zero attached hydrogens (tertiary/aromatic N) is 2. The lowest BCUT2D eigenvalue weighted by molar-refractivity contribution is -0.113. The predicted octanol–water partition coefficient (Wildman–Crippen LogP) is 4.86. The number of carbonyl (C=O) groups excluding carboxylic acids is 1. The predicted molar refractivity (Wildman–Crippen MR) is 118 cm³/mol. The topological polar surface area (TPSA) is 95.2 Å². The first-order chi connectivity index (χ1) is 14.1. The molecule has 1 heterocycles. The first-order valence-corrected chi connectivity index (χ1v) is 10.9. The highest BCUT2D eigenvalue weighted by Gasteiger charge is 2.14. The first-order valence-electron chi connectivity index (χ1n) is 8.89. The van der Waals surface area contributed by atoms with E-state index in [4.69, 9.17) is 4.74 Å². The van der Waals surface area contributed by atoms with Crippen molar-refractivity contribution in [3.05, 3.63) is 59.3 Å². The number of nitriles is 1. The maximum Gasteiger partial charge on any atom is 0.234 e. The fourth-order valence-electron chi connectivity index (χ4n) is 2.53. The monoisotopic (exact) mass is 425 g/mol. The molecule has 0 atom stereocenters. The number of rotatable bonds is 8. The summed E-state index contributed by atoms with van der Waals surface area (Å²) in [6, 6.07) is 16.7. The highest BCUT2D eigenvalue weighted by molar-refractivity contribution is 8.00. The van der Waals surface area contributed by atoms with Gasteiger partial charge in [-0.15, -0.1) is 23.1 Å². The number of hydrogen-bond donors (Lipinski definition) is 2. The molecule has 1 amide bonds. The van der Waals surface area contributed by atoms with Crippen LogP contribution in [-0.2, 0) is 4.79 Å². The molecule has 2 aromatic carbocycles. The van der Waals surface area contributed by atoms with Crippen molar-refractivity contribution >= 4 is 50.5 Å². The van der Waals surface area contributed by atoms with E-state index >= 15 is 0 Å². The van der Waals surface area contributed by atoms with Crippen LogP contribution < -0.4 is 10.1 Å². The summed E-state index contributed by atoms with van der Waals surface area (Å²) in [5.41, 5.74) is 1.60. The van der Waals surface area contributed by atoms with Gasteiger partial charge in [0.2, 0.25) is 5.91 Å². The molecule has 0 bridgehead atoms. The summed E-state index contributed by atoms with van der Waals surface area (Å²) >= 11 is 2.58. The van der Waals surface area contributed by atoms with E-state index in [0.29, 0.717) is 17.3 Å². The van der Waals surface area contributed by atoms with Gasteiger partial charge in [-0.2, -0.15) is 5.26 Å². The number of aliphatic hydroxyl groups excluding tert-OH is 1. The van der Waals surface area contributed by atoms with Gasteiger partial charge in [0.25, 0.3) is 0 Å². The summed E-state index contributed by atoms with van der Waals surface area (Å²) in [4.78, 5) is 16.5. The van der Waals surface area contributed by atoms with E-state index in [-0.39, 0.29) is 28.7 Å². The molecule has 29 heavy (non-hydrogen) atoms. The van der Waals surface area contributed by atoms with Crippen molar-refractivity contribution in [3.8, 4) is 11.8 Å². The summed E-state index contributed by atoms with van der Waals surface area (Å²) in [6.45, 7) is 2.49. The van der Waals surface area contributed by atoms with Crippen molar-refractivity contribution in [3.63, 3.8) is 0 Å². The van der Waals surface area contributed by atoms with Gasteiger partial charge in [0.1, 0.15) is 28.2 Å². The Kier molecular flexibility index (Phi) is 7.11. The minimum absolute atomic E-state index is 0.0783. The number of thiazole rings is 1. The van der Waals surface area contributed by atoms with Gasteiger partial charge in [-0.05, 0) is 43.3 Å². The maximum atomic E-state index is 12.1. The second-order valence-corrected chi connectivity index (χ2v) is 7.93. The van der Waals surface area contributed by atoms with Gasteiger partial charge in [0, 0.05) is 5.69 Å². The molecule has 1 aromatic heterocycles. The highest BCUT2D eigenvalue weighted by Crippen LogP contribution is 2.28. The Balaban J connectivity index is 1.56. The zero-order valence-corrected chi connectivity index (χ0v) is 17.3. The average molecular weight is 426 g/mol. The van der Waals surface area contributed by atoms with E-state index in [1.165, 1.54) is 23.1 Å². The molecule has 0 aliphatic carbocycles. The third-order valence-corrected chi connectivity index (χ3v) is 5.83. The largest absolute Gasteiger partial charge is 0.510 e. The molecule has 6 nitrogen and oxygen atoms in total. The smallest absolute Gasteiger partial charge is 0.234 e. The van der Waals surface area contributed by atoms with Crippen LogP contribution in [0.4, 0.5) is 5.69 Å². The molecule has 0 unspecified atom stereocenters. The first kappa shape index (κ1) is 20.7. The minimum Gasteiger partial charge on any atom is -0.510 e. The van der Waals surface area contributed by atoms with Crippen LogP contribution >= 0.6 is 23.1 Å². The minimum atomic E-state index is -0.189. The summed E-state index contributed by atoms with van der Waals surface area (Å²) in [5, 5.41) is 23.0. The molecule has 148 valence electrons. The van der Waals surface area contributed by atoms with Crippen LogP contribution in [-0.4, -0.2) is 34.1 Å². The Hall–Kier alpha value is -3.02. The molecule has 2 N–H and O–H groups in total. The Morgan fingerprint density at radius 1 is 1.24 bits per heavy atom. The van der Waals surface area contributed by atoms with Gasteiger partial charge < -0.3 is 15.2 Å². The number of amides is 1. The number of carbonyl (C=O) groups is 1. The molecule has 0 radical (unpaired) electrons. The fourth-order valence-corrected chi connectivity index (χ4v) is 4.21. The Morgan fingerprint density at radius 2 is 2.00 bits per heavy atom. The van der Waals surface area contributed by atoms with Crippen molar-refractivity contribution < 1.29 is 14.6 Å². The van der Waals surface area contributed by atoms with Crippen LogP contribution in [0.15, 0.2) is 54.3 Å². The van der Waals surface area contributed by atoms with E-state index in [9.17, 15) is 15.2 Å². The summed E-state index contributed by atoms with van der Waals surface area (Å²) in [6.07, 6.45) is 0. The number of benzene rings is 2. The second-order valence-electron chi connectivity index (χ2n) is 5.92. The van der Waals surface area contributed by atoms with Crippen LogP contribution in [0.25, 0.3) is 15.8 Å². The number of ether oxygens (including phenoxy) is 1. The third kappa shape index (κ3) is 5.50. The van der Waals surface area contributed by atoms with Crippen LogP contribution in [0.1, 0.15) is 11.9 Å². The normalized spacial score (nSPS) is 11.6. The number of aromatic nitrogens is 1. The third-order valence-electron chi connectivity index (χ3n) is 3.83. The van der Waals surface area contributed by atoms with Crippen molar-refractivity contribution in [1.29, 1.82) is 5.26 Å². The van der Waals surface area contributed by atoms with Crippen LogP contribution in [0.2, 0.25) is 0 Å². The molecule has 0 fully saturated rings. The van der Waals surface area contributed by atoms with Gasteiger partial charge in [-0.1, -0.05) is 12.1 Å². The Morgan fingerprint density at radius 3 is 2.69 bits per heavy atom. The number of thioether (sulfide) groups is 1. The molecular weight excluding hydrogens is 406 g/mol. The standard InChI is InChI=1S/C21H19N3O3S2/c1-2-27-15-9-7-14(8-10-15)23-20(26)13-28-12-18(25)16(11-22)21-24-17-5-3-4-6-19(17)29-21/h3-10,25H,2,12-13H2,1H3,(H,23,26)/b18-16-. The Bertz CT molecular complexity index is 1040. The lowest BCUT2D eigenvalue weighted by Gasteiger charge is -2.07. The number of aliphatic hydroxyl groups is 1. The van der Waals surface area contributed by atoms with Crippen molar-refractivity contribution in [2.24, 2.45) is 0 Å². The van der Waals surface area contributed by atoms with Crippen LogP contribution in [0, 0.1) is 11.3 Å². The van der Waals surface area contributed by atoms with Crippen LogP contribution in [0.3, 0.4) is 0 Å². The van der Waals surface area contributed by atoms with Crippen molar-refractivity contribution in [1.82, 2.24) is 4.98 Å². The number of fused-ring (bicyclic) bond motifs is 1. The van der Waals surface area contributed by atoms with Gasteiger partial charge in [0.15, 0.2) is 0 Å². The zero-order chi connectivity index (χ0) is 20.6. The Labute approximate surface area is 176 Å². The molecule has 3 rings (SSSR count). The van der Waals surface area contributed by atoms with Gasteiger partial charge in [0.05, 0.1) is 28.3 Å². The van der Waals surface area contributed by atoms with E-state index in [2.05, 4.69) is 10.3 Å². The molecule has 0 saturated carbocycles. The number of nitrogens with one attached hydrogen (secondary N) is 1. The van der Waals surface area contributed by atoms with Gasteiger partial charge >= 0.3 is 0 Å². The lowest BCUT2D eigenvalue weighted by Crippen LogP contribution is -2.14. The summed E-state index contributed by atoms with van der Waals surface area (Å²) in [5.74, 6) is 0.774.